The van der Waals surface area contributed by atoms with Gasteiger partial charge < -0.3 is 0 Å². The standard InChI is InChI=1S/F3HO3S2/c1-7(2,3)8(4,5)6/h(H,4,5,6). The lowest BCUT2D eigenvalue weighted by Gasteiger charge is -2.01. The van der Waals surface area contributed by atoms with Crippen LogP contribution in [-0.4, -0.2) is 13.0 Å². The first-order valence-electron chi connectivity index (χ1n) is 1.15. The first-order chi connectivity index (χ1) is 3.25. The SMILES string of the molecule is O=S(=O)(O)S(F)(F)F. The van der Waals surface area contributed by atoms with E-state index in [1.54, 1.807) is 0 Å². The topological polar surface area (TPSA) is 54.4 Å². The van der Waals surface area contributed by atoms with E-state index in [9.17, 15) is 11.7 Å². The molecule has 0 fully saturated rings. The largest absolute Gasteiger partial charge is 0.382 e. The molecule has 0 aromatic rings. The van der Waals surface area contributed by atoms with Gasteiger partial charge in [0, 0.05) is 0 Å². The van der Waals surface area contributed by atoms with E-state index in [0.717, 1.165) is 0 Å². The van der Waals surface area contributed by atoms with E-state index in [2.05, 4.69) is 0 Å². The number of rotatable bonds is 1. The maximum atomic E-state index is 10.8. The summed E-state index contributed by atoms with van der Waals surface area (Å²) in [4.78, 5) is 0. The molecule has 1 N–H and O–H groups in total. The van der Waals surface area contributed by atoms with Gasteiger partial charge in [0.25, 0.3) is 0 Å². The molecule has 8 heteroatoms. The summed E-state index contributed by atoms with van der Waals surface area (Å²) < 4.78 is 57.9. The molecule has 3 nitrogen and oxygen atoms in total. The average Bonchev–Trinajstić information content (AvgIpc) is 1.25. The van der Waals surface area contributed by atoms with Crippen molar-refractivity contribution >= 4 is 19.4 Å². The molecular weight excluding hydrogens is 169 g/mol. The Labute approximate surface area is 44.8 Å². The first-order valence-corrected chi connectivity index (χ1v) is 4.44. The molecule has 52 valence electrons. The smallest absolute Gasteiger partial charge is 0.273 e. The Morgan fingerprint density at radius 2 is 1.25 bits per heavy atom. The second kappa shape index (κ2) is 1.78. The van der Waals surface area contributed by atoms with Crippen LogP contribution in [0.25, 0.3) is 0 Å². The van der Waals surface area contributed by atoms with Gasteiger partial charge in [-0.2, -0.15) is 8.42 Å². The highest BCUT2D eigenvalue weighted by Crippen LogP contribution is 2.58. The molecule has 0 atom stereocenters. The van der Waals surface area contributed by atoms with Gasteiger partial charge in [-0.05, 0) is 0 Å². The zero-order chi connectivity index (χ0) is 7.00. The van der Waals surface area contributed by atoms with Crippen molar-refractivity contribution in [3.05, 3.63) is 0 Å². The molecule has 0 unspecified atom stereocenters. The maximum Gasteiger partial charge on any atom is 0.382 e. The van der Waals surface area contributed by atoms with Crippen LogP contribution < -0.4 is 0 Å². The molecule has 0 aliphatic heterocycles. The number of halogens is 3. The minimum atomic E-state index is -6.31. The van der Waals surface area contributed by atoms with Crippen LogP contribution in [-0.2, 0) is 9.15 Å². The highest BCUT2D eigenvalue weighted by atomic mass is 33.2. The van der Waals surface area contributed by atoms with Gasteiger partial charge in [0.1, 0.15) is 0 Å². The Morgan fingerprint density at radius 3 is 1.25 bits per heavy atom. The third kappa shape index (κ3) is 1.88. The quantitative estimate of drug-likeness (QED) is 0.476. The van der Waals surface area contributed by atoms with Crippen LogP contribution in [0.3, 0.4) is 0 Å². The molecule has 0 rings (SSSR count). The zero-order valence-electron chi connectivity index (χ0n) is 3.21. The van der Waals surface area contributed by atoms with Gasteiger partial charge in [0.15, 0.2) is 0 Å². The molecule has 0 saturated heterocycles. The summed E-state index contributed by atoms with van der Waals surface area (Å²) in [5.41, 5.74) is 0. The second-order valence-electron chi connectivity index (χ2n) is 0.792. The Balaban J connectivity index is 4.53. The summed E-state index contributed by atoms with van der Waals surface area (Å²) in [6.07, 6.45) is 0. The average molecular weight is 170 g/mol. The van der Waals surface area contributed by atoms with Gasteiger partial charge in [0.05, 0.1) is 0 Å². The van der Waals surface area contributed by atoms with Crippen molar-refractivity contribution in [3.63, 3.8) is 0 Å². The molecule has 0 aromatic carbocycles. The number of hydrogen-bond acceptors (Lipinski definition) is 2. The Kier molecular flexibility index (Phi) is 1.79. The summed E-state index contributed by atoms with van der Waals surface area (Å²) in [6.45, 7) is 0. The van der Waals surface area contributed by atoms with Crippen molar-refractivity contribution in [2.24, 2.45) is 0 Å². The monoisotopic (exact) mass is 170 g/mol. The molecule has 0 radical (unpaired) electrons. The van der Waals surface area contributed by atoms with E-state index >= 15 is 0 Å². The van der Waals surface area contributed by atoms with E-state index in [0.29, 0.717) is 0 Å². The lowest BCUT2D eigenvalue weighted by atomic mass is 15.9. The highest BCUT2D eigenvalue weighted by molar-refractivity contribution is 8.81. The fourth-order valence-electron chi connectivity index (χ4n) is 0. The molecule has 0 aliphatic rings. The minimum Gasteiger partial charge on any atom is -0.273 e. The lowest BCUT2D eigenvalue weighted by molar-refractivity contribution is 0.489. The summed E-state index contributed by atoms with van der Waals surface area (Å²) in [5, 5.41) is 0. The van der Waals surface area contributed by atoms with E-state index in [-0.39, 0.29) is 0 Å². The van der Waals surface area contributed by atoms with Crippen molar-refractivity contribution in [2.45, 2.75) is 0 Å². The van der Waals surface area contributed by atoms with Crippen LogP contribution in [0.1, 0.15) is 0 Å². The van der Waals surface area contributed by atoms with Gasteiger partial charge in [0.2, 0.25) is 0 Å². The third-order valence-corrected chi connectivity index (χ3v) is 2.15. The molecule has 0 aromatic heterocycles. The predicted molar refractivity (Wildman–Crippen MR) is 22.5 cm³/mol. The van der Waals surface area contributed by atoms with Gasteiger partial charge in [-0.3, -0.25) is 4.55 Å². The second-order valence-corrected chi connectivity index (χ2v) is 4.77. The molecular formula is HF3O3S2. The molecule has 0 saturated carbocycles. The van der Waals surface area contributed by atoms with Gasteiger partial charge in [-0.25, -0.2) is 0 Å². The van der Waals surface area contributed by atoms with Crippen LogP contribution in [0.15, 0.2) is 0 Å². The molecule has 8 heavy (non-hydrogen) atoms. The summed E-state index contributed by atoms with van der Waals surface area (Å²) in [6, 6.07) is 0. The van der Waals surface area contributed by atoms with Crippen LogP contribution in [0, 0.1) is 0 Å². The maximum absolute atomic E-state index is 10.8. The van der Waals surface area contributed by atoms with Crippen LogP contribution in [0.5, 0.6) is 0 Å². The fraction of sp³-hybridized carbons (Fsp3) is 0. The Hall–Kier alpha value is 0.0500. The fourth-order valence-corrected chi connectivity index (χ4v) is 0. The van der Waals surface area contributed by atoms with E-state index < -0.39 is 19.4 Å². The molecule has 0 aliphatic carbocycles. The van der Waals surface area contributed by atoms with Crippen molar-refractivity contribution in [1.29, 1.82) is 0 Å². The Bertz CT molecular complexity index is 161. The van der Waals surface area contributed by atoms with Gasteiger partial charge in [-0.15, -0.1) is 11.7 Å². The van der Waals surface area contributed by atoms with E-state index in [4.69, 9.17) is 13.0 Å². The zero-order valence-corrected chi connectivity index (χ0v) is 4.85. The Morgan fingerprint density at radius 1 is 1.12 bits per heavy atom. The van der Waals surface area contributed by atoms with E-state index in [1.165, 1.54) is 0 Å². The normalized spacial score (nSPS) is 16.0. The van der Waals surface area contributed by atoms with Crippen LogP contribution in [0.2, 0.25) is 0 Å². The summed E-state index contributed by atoms with van der Waals surface area (Å²) in [5.74, 6) is 0. The molecule has 0 amide bonds. The lowest BCUT2D eigenvalue weighted by Crippen LogP contribution is -1.96. The van der Waals surface area contributed by atoms with Gasteiger partial charge >= 0.3 is 19.4 Å². The predicted octanol–water partition coefficient (Wildman–Crippen LogP) is 1.25. The highest BCUT2D eigenvalue weighted by Gasteiger charge is 2.37. The summed E-state index contributed by atoms with van der Waals surface area (Å²) in [7, 11) is -12.1. The molecule has 0 bridgehead atoms. The van der Waals surface area contributed by atoms with Crippen molar-refractivity contribution in [1.82, 2.24) is 0 Å². The van der Waals surface area contributed by atoms with E-state index in [1.807, 2.05) is 0 Å². The molecule has 0 heterocycles. The van der Waals surface area contributed by atoms with Gasteiger partial charge in [-0.1, -0.05) is 0 Å². The minimum absolute atomic E-state index is 5.76. The van der Waals surface area contributed by atoms with Crippen molar-refractivity contribution < 1.29 is 24.6 Å². The van der Waals surface area contributed by atoms with Crippen molar-refractivity contribution in [3.8, 4) is 0 Å². The molecule has 0 spiro atoms. The van der Waals surface area contributed by atoms with Crippen molar-refractivity contribution in [2.75, 3.05) is 0 Å². The van der Waals surface area contributed by atoms with Crippen LogP contribution >= 0.6 is 10.2 Å². The third-order valence-electron chi connectivity index (χ3n) is 0.239. The summed E-state index contributed by atoms with van der Waals surface area (Å²) >= 11 is 0. The van der Waals surface area contributed by atoms with Crippen LogP contribution in [0.4, 0.5) is 11.7 Å². The number of hydrogen-bond donors (Lipinski definition) is 1. The first kappa shape index (κ1) is 8.05.